The lowest BCUT2D eigenvalue weighted by Gasteiger charge is -2.11. The number of amides is 2. The molecule has 0 saturated heterocycles. The van der Waals surface area contributed by atoms with E-state index in [1.54, 1.807) is 19.0 Å². The summed E-state index contributed by atoms with van der Waals surface area (Å²) in [6, 6.07) is 7.39. The molecule has 1 aromatic rings. The second kappa shape index (κ2) is 6.64. The molecule has 2 N–H and O–H groups in total. The van der Waals surface area contributed by atoms with E-state index in [1.165, 1.54) is 6.92 Å². The minimum absolute atomic E-state index is 0.0838. The molecule has 0 aliphatic rings. The maximum Gasteiger partial charge on any atom is 0.223 e. The van der Waals surface area contributed by atoms with Gasteiger partial charge in [0, 0.05) is 45.4 Å². The molecule has 0 spiro atoms. The third kappa shape index (κ3) is 4.86. The lowest BCUT2D eigenvalue weighted by molar-refractivity contribution is -0.128. The van der Waals surface area contributed by atoms with Crippen LogP contribution in [0.15, 0.2) is 24.3 Å². The Morgan fingerprint density at radius 2 is 1.89 bits per heavy atom. The van der Waals surface area contributed by atoms with Gasteiger partial charge < -0.3 is 15.5 Å². The summed E-state index contributed by atoms with van der Waals surface area (Å²) in [5.74, 6) is -0.0181. The van der Waals surface area contributed by atoms with Crippen molar-refractivity contribution in [2.24, 2.45) is 0 Å². The lowest BCUT2D eigenvalue weighted by atomic mass is 10.2. The van der Waals surface area contributed by atoms with E-state index in [-0.39, 0.29) is 11.8 Å². The Hall–Kier alpha value is -2.04. The average molecular weight is 249 g/mol. The zero-order valence-electron chi connectivity index (χ0n) is 11.0. The van der Waals surface area contributed by atoms with Gasteiger partial charge in [-0.2, -0.15) is 0 Å². The minimum Gasteiger partial charge on any atom is -0.384 e. The summed E-state index contributed by atoms with van der Waals surface area (Å²) in [5, 5.41) is 5.85. The molecule has 0 bridgehead atoms. The molecule has 2 amide bonds. The van der Waals surface area contributed by atoms with E-state index in [4.69, 9.17) is 0 Å². The molecule has 18 heavy (non-hydrogen) atoms. The Labute approximate surface area is 107 Å². The van der Waals surface area contributed by atoms with E-state index >= 15 is 0 Å². The summed E-state index contributed by atoms with van der Waals surface area (Å²) < 4.78 is 0. The molecule has 0 heterocycles. The monoisotopic (exact) mass is 249 g/mol. The van der Waals surface area contributed by atoms with Crippen LogP contribution in [0.3, 0.4) is 0 Å². The van der Waals surface area contributed by atoms with Crippen molar-refractivity contribution in [3.8, 4) is 0 Å². The Bertz CT molecular complexity index is 430. The van der Waals surface area contributed by atoms with Gasteiger partial charge in [-0.3, -0.25) is 9.59 Å². The second-order valence-electron chi connectivity index (χ2n) is 4.23. The third-order valence-corrected chi connectivity index (χ3v) is 2.35. The molecule has 0 unspecified atom stereocenters. The summed E-state index contributed by atoms with van der Waals surface area (Å²) >= 11 is 0. The number of rotatable bonds is 5. The Morgan fingerprint density at radius 3 is 2.50 bits per heavy atom. The van der Waals surface area contributed by atoms with Gasteiger partial charge in [-0.25, -0.2) is 0 Å². The summed E-state index contributed by atoms with van der Waals surface area (Å²) in [6.45, 7) is 2.04. The molecule has 0 aliphatic heterocycles. The second-order valence-corrected chi connectivity index (χ2v) is 4.23. The van der Waals surface area contributed by atoms with Crippen molar-refractivity contribution in [3.63, 3.8) is 0 Å². The van der Waals surface area contributed by atoms with E-state index < -0.39 is 0 Å². The topological polar surface area (TPSA) is 61.4 Å². The van der Waals surface area contributed by atoms with Crippen molar-refractivity contribution in [1.82, 2.24) is 4.90 Å². The molecule has 0 radical (unpaired) electrons. The highest BCUT2D eigenvalue weighted by atomic mass is 16.2. The van der Waals surface area contributed by atoms with Crippen LogP contribution in [-0.2, 0) is 9.59 Å². The highest BCUT2D eigenvalue weighted by molar-refractivity contribution is 5.89. The predicted octanol–water partition coefficient (Wildman–Crippen LogP) is 1.54. The van der Waals surface area contributed by atoms with Gasteiger partial charge in [-0.1, -0.05) is 6.07 Å². The van der Waals surface area contributed by atoms with E-state index in [9.17, 15) is 9.59 Å². The summed E-state index contributed by atoms with van der Waals surface area (Å²) in [5.41, 5.74) is 1.62. The van der Waals surface area contributed by atoms with Crippen LogP contribution in [0.1, 0.15) is 13.3 Å². The Balaban J connectivity index is 2.47. The normalized spacial score (nSPS) is 9.72. The zero-order chi connectivity index (χ0) is 13.5. The van der Waals surface area contributed by atoms with Crippen LogP contribution in [0.5, 0.6) is 0 Å². The number of anilines is 2. The van der Waals surface area contributed by atoms with Crippen molar-refractivity contribution < 1.29 is 9.59 Å². The molecule has 0 fully saturated rings. The predicted molar refractivity (Wildman–Crippen MR) is 72.5 cm³/mol. The van der Waals surface area contributed by atoms with Crippen molar-refractivity contribution in [3.05, 3.63) is 24.3 Å². The lowest BCUT2D eigenvalue weighted by Crippen LogP contribution is -2.23. The highest BCUT2D eigenvalue weighted by Gasteiger charge is 2.03. The zero-order valence-corrected chi connectivity index (χ0v) is 11.0. The fourth-order valence-electron chi connectivity index (χ4n) is 1.45. The number of hydrogen-bond donors (Lipinski definition) is 2. The van der Waals surface area contributed by atoms with Crippen LogP contribution < -0.4 is 10.6 Å². The number of benzene rings is 1. The van der Waals surface area contributed by atoms with Crippen LogP contribution >= 0.6 is 0 Å². The number of carbonyl (C=O) groups is 2. The van der Waals surface area contributed by atoms with Crippen LogP contribution in [0.25, 0.3) is 0 Å². The fourth-order valence-corrected chi connectivity index (χ4v) is 1.45. The molecule has 0 aromatic heterocycles. The molecule has 0 saturated carbocycles. The molecule has 5 nitrogen and oxygen atoms in total. The standard InChI is InChI=1S/C13H19N3O2/c1-10(17)15-12-6-4-5-11(9-12)14-8-7-13(18)16(2)3/h4-6,9,14H,7-8H2,1-3H3,(H,15,17). The number of hydrogen-bond acceptors (Lipinski definition) is 3. The van der Waals surface area contributed by atoms with Crippen LogP contribution in [0.2, 0.25) is 0 Å². The van der Waals surface area contributed by atoms with Gasteiger partial charge in [-0.15, -0.1) is 0 Å². The van der Waals surface area contributed by atoms with Gasteiger partial charge in [0.1, 0.15) is 0 Å². The van der Waals surface area contributed by atoms with E-state index in [1.807, 2.05) is 24.3 Å². The van der Waals surface area contributed by atoms with E-state index in [0.29, 0.717) is 13.0 Å². The molecule has 1 aromatic carbocycles. The van der Waals surface area contributed by atoms with Gasteiger partial charge in [0.2, 0.25) is 11.8 Å². The molecular weight excluding hydrogens is 230 g/mol. The summed E-state index contributed by atoms with van der Waals surface area (Å²) in [7, 11) is 3.47. The molecular formula is C13H19N3O2. The first-order chi connectivity index (χ1) is 8.49. The molecule has 0 aliphatic carbocycles. The van der Waals surface area contributed by atoms with Crippen LogP contribution in [0, 0.1) is 0 Å². The van der Waals surface area contributed by atoms with Gasteiger partial charge in [-0.05, 0) is 18.2 Å². The van der Waals surface area contributed by atoms with Gasteiger partial charge >= 0.3 is 0 Å². The smallest absolute Gasteiger partial charge is 0.223 e. The first kappa shape index (κ1) is 14.0. The Morgan fingerprint density at radius 1 is 1.22 bits per heavy atom. The third-order valence-electron chi connectivity index (χ3n) is 2.35. The molecule has 1 rings (SSSR count). The fraction of sp³-hybridized carbons (Fsp3) is 0.385. The van der Waals surface area contributed by atoms with E-state index in [0.717, 1.165) is 11.4 Å². The van der Waals surface area contributed by atoms with Crippen molar-refractivity contribution in [2.75, 3.05) is 31.3 Å². The number of nitrogens with zero attached hydrogens (tertiary/aromatic N) is 1. The molecule has 5 heteroatoms. The summed E-state index contributed by atoms with van der Waals surface area (Å²) in [6.07, 6.45) is 0.442. The molecule has 0 atom stereocenters. The first-order valence-corrected chi connectivity index (χ1v) is 5.80. The van der Waals surface area contributed by atoms with E-state index in [2.05, 4.69) is 10.6 Å². The van der Waals surface area contributed by atoms with Gasteiger partial charge in [0.25, 0.3) is 0 Å². The summed E-state index contributed by atoms with van der Waals surface area (Å²) in [4.78, 5) is 23.9. The average Bonchev–Trinajstić information content (AvgIpc) is 2.28. The number of nitrogens with one attached hydrogen (secondary N) is 2. The van der Waals surface area contributed by atoms with Gasteiger partial charge in [0.15, 0.2) is 0 Å². The van der Waals surface area contributed by atoms with Crippen LogP contribution in [-0.4, -0.2) is 37.4 Å². The van der Waals surface area contributed by atoms with Crippen molar-refractivity contribution >= 4 is 23.2 Å². The molecule has 98 valence electrons. The quantitative estimate of drug-likeness (QED) is 0.832. The maximum absolute atomic E-state index is 11.4. The van der Waals surface area contributed by atoms with Gasteiger partial charge in [0.05, 0.1) is 0 Å². The minimum atomic E-state index is -0.102. The first-order valence-electron chi connectivity index (χ1n) is 5.80. The SMILES string of the molecule is CC(=O)Nc1cccc(NCCC(=O)N(C)C)c1. The van der Waals surface area contributed by atoms with Crippen molar-refractivity contribution in [2.45, 2.75) is 13.3 Å². The Kier molecular flexibility index (Phi) is 5.17. The number of carbonyl (C=O) groups excluding carboxylic acids is 2. The van der Waals surface area contributed by atoms with Crippen molar-refractivity contribution in [1.29, 1.82) is 0 Å². The largest absolute Gasteiger partial charge is 0.384 e. The van der Waals surface area contributed by atoms with Crippen LogP contribution in [0.4, 0.5) is 11.4 Å². The maximum atomic E-state index is 11.4. The highest BCUT2D eigenvalue weighted by Crippen LogP contribution is 2.14.